The fraction of sp³-hybridized carbons (Fsp3) is 0.917. The van der Waals surface area contributed by atoms with Crippen LogP contribution in [0.4, 0.5) is 0 Å². The predicted octanol–water partition coefficient (Wildman–Crippen LogP) is 0.289. The maximum Gasteiger partial charge on any atom is 0.239 e. The second kappa shape index (κ2) is 8.17. The fourth-order valence-electron chi connectivity index (χ4n) is 2.36. The Hall–Kier alpha value is -0.370. The largest absolute Gasteiger partial charge is 0.336 e. The zero-order valence-electron chi connectivity index (χ0n) is 12.6. The molecule has 0 aromatic heterocycles. The van der Waals surface area contributed by atoms with Crippen LogP contribution in [-0.4, -0.2) is 67.5 Å². The highest BCUT2D eigenvalue weighted by Crippen LogP contribution is 2.11. The average Bonchev–Trinajstić information content (AvgIpc) is 2.33. The lowest BCUT2D eigenvalue weighted by molar-refractivity contribution is -0.132. The van der Waals surface area contributed by atoms with Crippen molar-refractivity contribution in [2.24, 2.45) is 0 Å². The zero-order chi connectivity index (χ0) is 14.6. The second-order valence-electron chi connectivity index (χ2n) is 4.91. The molecular formula is C12H26ClN3O3S. The van der Waals surface area contributed by atoms with Gasteiger partial charge in [0.1, 0.15) is 5.75 Å². The first kappa shape index (κ1) is 19.6. The minimum absolute atomic E-state index is 0. The third-order valence-corrected chi connectivity index (χ3v) is 5.67. The first-order valence-corrected chi connectivity index (χ1v) is 8.45. The van der Waals surface area contributed by atoms with Gasteiger partial charge in [-0.25, -0.2) is 12.7 Å². The van der Waals surface area contributed by atoms with Gasteiger partial charge in [0.25, 0.3) is 0 Å². The summed E-state index contributed by atoms with van der Waals surface area (Å²) in [4.78, 5) is 13.9. The topological polar surface area (TPSA) is 69.7 Å². The highest BCUT2D eigenvalue weighted by atomic mass is 35.5. The molecule has 1 N–H and O–H groups in total. The number of amides is 1. The molecule has 1 saturated heterocycles. The van der Waals surface area contributed by atoms with Crippen LogP contribution in [0.5, 0.6) is 0 Å². The van der Waals surface area contributed by atoms with E-state index in [1.807, 2.05) is 13.8 Å². The summed E-state index contributed by atoms with van der Waals surface area (Å²) in [5.41, 5.74) is 0. The molecule has 0 radical (unpaired) electrons. The quantitative estimate of drug-likeness (QED) is 0.788. The van der Waals surface area contributed by atoms with E-state index in [0.29, 0.717) is 26.2 Å². The van der Waals surface area contributed by atoms with E-state index in [2.05, 4.69) is 5.32 Å². The number of rotatable bonds is 5. The predicted molar refractivity (Wildman–Crippen MR) is 82.6 cm³/mol. The van der Waals surface area contributed by atoms with Crippen LogP contribution in [-0.2, 0) is 14.8 Å². The minimum atomic E-state index is -3.49. The van der Waals surface area contributed by atoms with Gasteiger partial charge in [0, 0.05) is 38.3 Å². The number of nitrogens with zero attached hydrogens (tertiary/aromatic N) is 2. The molecule has 20 heavy (non-hydrogen) atoms. The number of hydrogen-bond acceptors (Lipinski definition) is 4. The normalized spacial score (nSPS) is 23.6. The molecule has 0 saturated carbocycles. The van der Waals surface area contributed by atoms with Crippen molar-refractivity contribution in [1.82, 2.24) is 14.5 Å². The summed E-state index contributed by atoms with van der Waals surface area (Å²) in [5, 5.41) is 3.27. The molecule has 2 unspecified atom stereocenters. The van der Waals surface area contributed by atoms with Crippen molar-refractivity contribution in [2.75, 3.05) is 31.9 Å². The van der Waals surface area contributed by atoms with Crippen LogP contribution in [0, 0.1) is 0 Å². The van der Waals surface area contributed by atoms with E-state index in [1.165, 1.54) is 4.31 Å². The SMILES string of the molecule is CCN(CC)S(=O)(=O)CC(=O)N1CCNC(C)C1C.Cl. The lowest BCUT2D eigenvalue weighted by atomic mass is 10.1. The number of halogens is 1. The number of sulfonamides is 1. The van der Waals surface area contributed by atoms with Gasteiger partial charge in [-0.1, -0.05) is 13.8 Å². The average molecular weight is 328 g/mol. The fourth-order valence-corrected chi connectivity index (χ4v) is 3.80. The highest BCUT2D eigenvalue weighted by Gasteiger charge is 2.32. The molecule has 6 nitrogen and oxygen atoms in total. The maximum atomic E-state index is 12.2. The van der Waals surface area contributed by atoms with Crippen LogP contribution in [0.1, 0.15) is 27.7 Å². The Kier molecular flexibility index (Phi) is 8.01. The summed E-state index contributed by atoms with van der Waals surface area (Å²) in [7, 11) is -3.49. The number of carbonyl (C=O) groups excluding carboxylic acids is 1. The van der Waals surface area contributed by atoms with Crippen LogP contribution in [0.2, 0.25) is 0 Å². The standard InChI is InChI=1S/C12H25N3O3S.ClH/c1-5-14(6-2)19(17,18)9-12(16)15-8-7-13-10(3)11(15)4;/h10-11,13H,5-9H2,1-4H3;1H. The van der Waals surface area contributed by atoms with E-state index in [-0.39, 0.29) is 30.4 Å². The molecule has 0 spiro atoms. The first-order valence-electron chi connectivity index (χ1n) is 6.84. The summed E-state index contributed by atoms with van der Waals surface area (Å²) >= 11 is 0. The molecule has 120 valence electrons. The Morgan fingerprint density at radius 1 is 1.30 bits per heavy atom. The molecular weight excluding hydrogens is 302 g/mol. The molecule has 1 amide bonds. The van der Waals surface area contributed by atoms with Gasteiger partial charge in [-0.2, -0.15) is 0 Å². The summed E-state index contributed by atoms with van der Waals surface area (Å²) in [5.74, 6) is -0.723. The van der Waals surface area contributed by atoms with Crippen LogP contribution in [0.25, 0.3) is 0 Å². The Balaban J connectivity index is 0.00000361. The Morgan fingerprint density at radius 2 is 1.85 bits per heavy atom. The maximum absolute atomic E-state index is 12.2. The molecule has 1 rings (SSSR count). The molecule has 0 aliphatic carbocycles. The number of carbonyl (C=O) groups is 1. The summed E-state index contributed by atoms with van der Waals surface area (Å²) < 4.78 is 25.5. The summed E-state index contributed by atoms with van der Waals surface area (Å²) in [6.45, 7) is 9.59. The second-order valence-corrected chi connectivity index (χ2v) is 6.88. The zero-order valence-corrected chi connectivity index (χ0v) is 14.3. The van der Waals surface area contributed by atoms with Crippen molar-refractivity contribution < 1.29 is 13.2 Å². The van der Waals surface area contributed by atoms with E-state index < -0.39 is 15.8 Å². The van der Waals surface area contributed by atoms with Gasteiger partial charge in [0.2, 0.25) is 15.9 Å². The lowest BCUT2D eigenvalue weighted by Crippen LogP contribution is -2.58. The molecule has 1 heterocycles. The Morgan fingerprint density at radius 3 is 2.35 bits per heavy atom. The highest BCUT2D eigenvalue weighted by molar-refractivity contribution is 7.89. The molecule has 1 fully saturated rings. The van der Waals surface area contributed by atoms with Gasteiger partial charge < -0.3 is 10.2 Å². The number of nitrogens with one attached hydrogen (secondary N) is 1. The van der Waals surface area contributed by atoms with E-state index in [0.717, 1.165) is 0 Å². The molecule has 1 aliphatic heterocycles. The van der Waals surface area contributed by atoms with Gasteiger partial charge in [-0.15, -0.1) is 12.4 Å². The Labute approximate surface area is 128 Å². The van der Waals surface area contributed by atoms with Crippen molar-refractivity contribution in [1.29, 1.82) is 0 Å². The van der Waals surface area contributed by atoms with Crippen LogP contribution in [0.15, 0.2) is 0 Å². The Bertz CT molecular complexity index is 412. The van der Waals surface area contributed by atoms with Gasteiger partial charge in [-0.05, 0) is 13.8 Å². The van der Waals surface area contributed by atoms with E-state index >= 15 is 0 Å². The van der Waals surface area contributed by atoms with E-state index in [4.69, 9.17) is 0 Å². The van der Waals surface area contributed by atoms with Crippen molar-refractivity contribution in [3.8, 4) is 0 Å². The van der Waals surface area contributed by atoms with Crippen LogP contribution in [0.3, 0.4) is 0 Å². The molecule has 2 atom stereocenters. The third-order valence-electron chi connectivity index (χ3n) is 3.76. The molecule has 0 bridgehead atoms. The van der Waals surface area contributed by atoms with Crippen LogP contribution < -0.4 is 5.32 Å². The minimum Gasteiger partial charge on any atom is -0.336 e. The summed E-state index contributed by atoms with van der Waals surface area (Å²) in [6.07, 6.45) is 0. The first-order chi connectivity index (χ1) is 8.83. The third kappa shape index (κ3) is 4.58. The van der Waals surface area contributed by atoms with Crippen molar-refractivity contribution in [3.63, 3.8) is 0 Å². The van der Waals surface area contributed by atoms with Gasteiger partial charge >= 0.3 is 0 Å². The molecule has 0 aromatic rings. The summed E-state index contributed by atoms with van der Waals surface area (Å²) in [6, 6.07) is 0.210. The molecule has 8 heteroatoms. The number of hydrogen-bond donors (Lipinski definition) is 1. The monoisotopic (exact) mass is 327 g/mol. The number of piperazine rings is 1. The van der Waals surface area contributed by atoms with Gasteiger partial charge in [-0.3, -0.25) is 4.79 Å². The van der Waals surface area contributed by atoms with Gasteiger partial charge in [0.15, 0.2) is 0 Å². The molecule has 1 aliphatic rings. The van der Waals surface area contributed by atoms with Crippen LogP contribution >= 0.6 is 12.4 Å². The van der Waals surface area contributed by atoms with Crippen molar-refractivity contribution in [3.05, 3.63) is 0 Å². The van der Waals surface area contributed by atoms with Crippen molar-refractivity contribution >= 4 is 28.3 Å². The lowest BCUT2D eigenvalue weighted by Gasteiger charge is -2.38. The smallest absolute Gasteiger partial charge is 0.239 e. The van der Waals surface area contributed by atoms with Crippen molar-refractivity contribution in [2.45, 2.75) is 39.8 Å². The van der Waals surface area contributed by atoms with Gasteiger partial charge in [0.05, 0.1) is 0 Å². The van der Waals surface area contributed by atoms with E-state index in [1.54, 1.807) is 18.7 Å². The van der Waals surface area contributed by atoms with E-state index in [9.17, 15) is 13.2 Å². The molecule has 0 aromatic carbocycles.